The third kappa shape index (κ3) is 5.38. The number of amides is 1. The third-order valence-electron chi connectivity index (χ3n) is 6.02. The first-order valence-electron chi connectivity index (χ1n) is 11.9. The monoisotopic (exact) mass is 502 g/mol. The Morgan fingerprint density at radius 3 is 2.16 bits per heavy atom. The van der Waals surface area contributed by atoms with Crippen LogP contribution in [0.25, 0.3) is 10.9 Å². The van der Waals surface area contributed by atoms with Gasteiger partial charge in [0, 0.05) is 22.3 Å². The maximum Gasteiger partial charge on any atom is 0.258 e. The summed E-state index contributed by atoms with van der Waals surface area (Å²) in [6.45, 7) is 4.47. The van der Waals surface area contributed by atoms with Crippen LogP contribution in [0.2, 0.25) is 0 Å². The zero-order valence-electron chi connectivity index (χ0n) is 21.6. The van der Waals surface area contributed by atoms with Gasteiger partial charge in [0.1, 0.15) is 5.75 Å². The summed E-state index contributed by atoms with van der Waals surface area (Å²) in [5, 5.41) is 0.890. The SMILES string of the molecule is CCOc1ccc(N(Cc2cc3cc(C)ccc3[nH]c2=O)C(=O)c2cc(OC)c(OC)c(OC)c2)cc1. The van der Waals surface area contributed by atoms with Crippen LogP contribution in [-0.4, -0.2) is 38.8 Å². The van der Waals surface area contributed by atoms with Crippen molar-refractivity contribution >= 4 is 22.5 Å². The predicted molar refractivity (Wildman–Crippen MR) is 144 cm³/mol. The topological polar surface area (TPSA) is 90.1 Å². The number of fused-ring (bicyclic) bond motifs is 1. The predicted octanol–water partition coefficient (Wildman–Crippen LogP) is 5.11. The van der Waals surface area contributed by atoms with Gasteiger partial charge in [-0.2, -0.15) is 0 Å². The molecule has 4 aromatic rings. The molecular formula is C29H30N2O6. The smallest absolute Gasteiger partial charge is 0.258 e. The molecule has 37 heavy (non-hydrogen) atoms. The average Bonchev–Trinajstić information content (AvgIpc) is 2.91. The molecule has 8 nitrogen and oxygen atoms in total. The number of H-pyrrole nitrogens is 1. The van der Waals surface area contributed by atoms with Gasteiger partial charge in [0.25, 0.3) is 11.5 Å². The van der Waals surface area contributed by atoms with E-state index >= 15 is 0 Å². The summed E-state index contributed by atoms with van der Waals surface area (Å²) in [6.07, 6.45) is 0. The molecule has 0 unspecified atom stereocenters. The van der Waals surface area contributed by atoms with E-state index in [0.29, 0.717) is 46.4 Å². The second-order valence-corrected chi connectivity index (χ2v) is 8.45. The lowest BCUT2D eigenvalue weighted by molar-refractivity contribution is 0.0984. The fourth-order valence-electron chi connectivity index (χ4n) is 4.19. The van der Waals surface area contributed by atoms with Crippen molar-refractivity contribution in [3.8, 4) is 23.0 Å². The normalized spacial score (nSPS) is 10.7. The Morgan fingerprint density at radius 1 is 0.892 bits per heavy atom. The quantitative estimate of drug-likeness (QED) is 0.342. The van der Waals surface area contributed by atoms with Crippen LogP contribution < -0.4 is 29.4 Å². The maximum absolute atomic E-state index is 14.0. The Bertz CT molecular complexity index is 1450. The third-order valence-corrected chi connectivity index (χ3v) is 6.02. The van der Waals surface area contributed by atoms with Crippen LogP contribution in [0.15, 0.2) is 65.5 Å². The molecule has 1 heterocycles. The van der Waals surface area contributed by atoms with Crippen LogP contribution in [0.5, 0.6) is 23.0 Å². The second-order valence-electron chi connectivity index (χ2n) is 8.45. The Kier molecular flexibility index (Phi) is 7.67. The zero-order valence-corrected chi connectivity index (χ0v) is 21.6. The number of aromatic nitrogens is 1. The largest absolute Gasteiger partial charge is 0.494 e. The molecule has 8 heteroatoms. The number of anilines is 1. The molecule has 0 aliphatic rings. The van der Waals surface area contributed by atoms with E-state index in [2.05, 4.69) is 4.98 Å². The molecule has 0 bridgehead atoms. The molecular weight excluding hydrogens is 472 g/mol. The Labute approximate surface area is 215 Å². The number of nitrogens with one attached hydrogen (secondary N) is 1. The first kappa shape index (κ1) is 25.6. The van der Waals surface area contributed by atoms with E-state index in [-0.39, 0.29) is 18.0 Å². The van der Waals surface area contributed by atoms with E-state index in [1.165, 1.54) is 21.3 Å². The summed E-state index contributed by atoms with van der Waals surface area (Å²) < 4.78 is 21.9. The number of hydrogen-bond acceptors (Lipinski definition) is 6. The number of aryl methyl sites for hydroxylation is 1. The summed E-state index contributed by atoms with van der Waals surface area (Å²) in [5.41, 5.74) is 2.92. The van der Waals surface area contributed by atoms with Gasteiger partial charge in [-0.15, -0.1) is 0 Å². The van der Waals surface area contributed by atoms with Gasteiger partial charge < -0.3 is 28.8 Å². The van der Waals surface area contributed by atoms with Crippen molar-refractivity contribution in [1.29, 1.82) is 0 Å². The van der Waals surface area contributed by atoms with Gasteiger partial charge in [0.2, 0.25) is 5.75 Å². The van der Waals surface area contributed by atoms with Gasteiger partial charge in [-0.25, -0.2) is 0 Å². The molecule has 0 spiro atoms. The van der Waals surface area contributed by atoms with Crippen molar-refractivity contribution in [1.82, 2.24) is 4.98 Å². The number of benzene rings is 3. The molecule has 192 valence electrons. The van der Waals surface area contributed by atoms with Crippen molar-refractivity contribution in [2.24, 2.45) is 0 Å². The minimum absolute atomic E-state index is 0.0443. The first-order chi connectivity index (χ1) is 17.9. The first-order valence-corrected chi connectivity index (χ1v) is 11.9. The molecule has 1 amide bonds. The molecule has 0 saturated heterocycles. The van der Waals surface area contributed by atoms with Crippen molar-refractivity contribution in [2.45, 2.75) is 20.4 Å². The molecule has 4 rings (SSSR count). The zero-order chi connectivity index (χ0) is 26.5. The lowest BCUT2D eigenvalue weighted by atomic mass is 10.1. The molecule has 3 aromatic carbocycles. The van der Waals surface area contributed by atoms with Crippen molar-refractivity contribution in [3.05, 3.63) is 87.7 Å². The van der Waals surface area contributed by atoms with Gasteiger partial charge in [-0.3, -0.25) is 9.59 Å². The van der Waals surface area contributed by atoms with Crippen LogP contribution >= 0.6 is 0 Å². The molecule has 0 aliphatic heterocycles. The number of methoxy groups -OCH3 is 3. The molecule has 0 atom stereocenters. The van der Waals surface area contributed by atoms with Crippen molar-refractivity contribution in [2.75, 3.05) is 32.8 Å². The lowest BCUT2D eigenvalue weighted by Crippen LogP contribution is -2.33. The number of carbonyl (C=O) groups excluding carboxylic acids is 1. The summed E-state index contributed by atoms with van der Waals surface area (Å²) in [5.74, 6) is 1.44. The summed E-state index contributed by atoms with van der Waals surface area (Å²) >= 11 is 0. The van der Waals surface area contributed by atoms with Gasteiger partial charge in [0.15, 0.2) is 11.5 Å². The lowest BCUT2D eigenvalue weighted by Gasteiger charge is -2.24. The number of nitrogens with zero attached hydrogens (tertiary/aromatic N) is 1. The van der Waals surface area contributed by atoms with E-state index in [1.54, 1.807) is 41.3 Å². The van der Waals surface area contributed by atoms with Crippen molar-refractivity contribution < 1.29 is 23.7 Å². The number of aromatic amines is 1. The highest BCUT2D eigenvalue weighted by Crippen LogP contribution is 2.39. The summed E-state index contributed by atoms with van der Waals surface area (Å²) in [7, 11) is 4.49. The van der Waals surface area contributed by atoms with Crippen LogP contribution in [0, 0.1) is 6.92 Å². The highest BCUT2D eigenvalue weighted by atomic mass is 16.5. The minimum atomic E-state index is -0.341. The van der Waals surface area contributed by atoms with Crippen LogP contribution in [0.3, 0.4) is 0 Å². The Morgan fingerprint density at radius 2 is 1.57 bits per heavy atom. The maximum atomic E-state index is 14.0. The van der Waals surface area contributed by atoms with E-state index in [9.17, 15) is 9.59 Å². The second kappa shape index (κ2) is 11.1. The highest BCUT2D eigenvalue weighted by Gasteiger charge is 2.24. The van der Waals surface area contributed by atoms with Crippen molar-refractivity contribution in [3.63, 3.8) is 0 Å². The van der Waals surface area contributed by atoms with E-state index in [0.717, 1.165) is 16.5 Å². The Hall–Kier alpha value is -4.46. The fourth-order valence-corrected chi connectivity index (χ4v) is 4.19. The standard InChI is InChI=1S/C29H30N2O6/c1-6-37-23-10-8-22(9-11-23)31(17-21-14-19-13-18(2)7-12-24(19)30-28(21)32)29(33)20-15-25(34-3)27(36-5)26(16-20)35-4/h7-16H,6,17H2,1-5H3,(H,30,32). The molecule has 0 saturated carbocycles. The highest BCUT2D eigenvalue weighted by molar-refractivity contribution is 6.07. The van der Waals surface area contributed by atoms with Gasteiger partial charge in [-0.05, 0) is 73.8 Å². The van der Waals surface area contributed by atoms with E-state index in [4.69, 9.17) is 18.9 Å². The molecule has 0 fully saturated rings. The number of carbonyl (C=O) groups is 1. The molecule has 0 radical (unpaired) electrons. The molecule has 0 aliphatic carbocycles. The minimum Gasteiger partial charge on any atom is -0.494 e. The average molecular weight is 503 g/mol. The number of rotatable bonds is 9. The summed E-state index contributed by atoms with van der Waals surface area (Å²) in [4.78, 5) is 31.4. The number of ether oxygens (including phenoxy) is 4. The van der Waals surface area contributed by atoms with Crippen LogP contribution in [0.1, 0.15) is 28.4 Å². The van der Waals surface area contributed by atoms with Crippen LogP contribution in [0.4, 0.5) is 5.69 Å². The molecule has 1 aromatic heterocycles. The summed E-state index contributed by atoms with van der Waals surface area (Å²) in [6, 6.07) is 18.0. The Balaban J connectivity index is 1.81. The van der Waals surface area contributed by atoms with Gasteiger partial charge in [-0.1, -0.05) is 11.6 Å². The van der Waals surface area contributed by atoms with Crippen LogP contribution in [-0.2, 0) is 6.54 Å². The van der Waals surface area contributed by atoms with Gasteiger partial charge >= 0.3 is 0 Å². The number of pyridine rings is 1. The number of hydrogen-bond donors (Lipinski definition) is 1. The van der Waals surface area contributed by atoms with E-state index in [1.807, 2.05) is 38.1 Å². The fraction of sp³-hybridized carbons (Fsp3) is 0.241. The molecule has 1 N–H and O–H groups in total. The van der Waals surface area contributed by atoms with E-state index < -0.39 is 0 Å². The van der Waals surface area contributed by atoms with Gasteiger partial charge in [0.05, 0.1) is 34.5 Å².